The van der Waals surface area contributed by atoms with E-state index in [0.717, 1.165) is 0 Å². The summed E-state index contributed by atoms with van der Waals surface area (Å²) in [7, 11) is 0. The highest BCUT2D eigenvalue weighted by molar-refractivity contribution is 5.39. The van der Waals surface area contributed by atoms with Crippen molar-refractivity contribution in [2.24, 2.45) is 0 Å². The lowest BCUT2D eigenvalue weighted by molar-refractivity contribution is -0.143. The second-order valence-corrected chi connectivity index (χ2v) is 5.88. The van der Waals surface area contributed by atoms with E-state index in [9.17, 15) is 35.8 Å². The van der Waals surface area contributed by atoms with Crippen LogP contribution in [0.1, 0.15) is 54.5 Å². The fourth-order valence-corrected chi connectivity index (χ4v) is 3.26. The van der Waals surface area contributed by atoms with Gasteiger partial charge in [-0.3, -0.25) is 4.68 Å². The van der Waals surface area contributed by atoms with Crippen molar-refractivity contribution in [3.05, 3.63) is 17.0 Å². The van der Waals surface area contributed by atoms with Gasteiger partial charge < -0.3 is 5.11 Å². The largest absolute Gasteiger partial charge is 0.435 e. The molecule has 3 rings (SSSR count). The quantitative estimate of drug-likeness (QED) is 0.788. The molecule has 1 unspecified atom stereocenters. The van der Waals surface area contributed by atoms with Crippen molar-refractivity contribution in [2.45, 2.75) is 62.3 Å². The van der Waals surface area contributed by atoms with Crippen molar-refractivity contribution in [1.82, 2.24) is 9.78 Å². The first-order valence-electron chi connectivity index (χ1n) is 7.06. The Hall–Kier alpha value is -1.32. The van der Waals surface area contributed by atoms with Crippen LogP contribution in [0.4, 0.5) is 30.7 Å². The highest BCUT2D eigenvalue weighted by atomic mass is 19.4. The topological polar surface area (TPSA) is 38.1 Å². The van der Waals surface area contributed by atoms with Gasteiger partial charge in [0, 0.05) is 12.0 Å². The van der Waals surface area contributed by atoms with Crippen molar-refractivity contribution in [1.29, 1.82) is 0 Å². The maximum Gasteiger partial charge on any atom is 0.435 e. The molecule has 0 spiro atoms. The Morgan fingerprint density at radius 3 is 2.26 bits per heavy atom. The predicted molar refractivity (Wildman–Crippen MR) is 63.6 cm³/mol. The molecule has 3 nitrogen and oxygen atoms in total. The predicted octanol–water partition coefficient (Wildman–Crippen LogP) is 3.70. The van der Waals surface area contributed by atoms with Crippen molar-refractivity contribution in [2.75, 3.05) is 0 Å². The molecular weight excluding hydrogens is 333 g/mol. The first-order valence-corrected chi connectivity index (χ1v) is 7.06. The Morgan fingerprint density at radius 2 is 1.70 bits per heavy atom. The van der Waals surface area contributed by atoms with Gasteiger partial charge in [-0.05, 0) is 12.8 Å². The van der Waals surface area contributed by atoms with Crippen molar-refractivity contribution < 1.29 is 35.8 Å². The second-order valence-electron chi connectivity index (χ2n) is 5.88. The summed E-state index contributed by atoms with van der Waals surface area (Å²) in [5, 5.41) is 12.8. The third kappa shape index (κ3) is 2.50. The van der Waals surface area contributed by atoms with Gasteiger partial charge in [0.2, 0.25) is 0 Å². The summed E-state index contributed by atoms with van der Waals surface area (Å²) in [6.45, 7) is 0. The van der Waals surface area contributed by atoms with Crippen LogP contribution in [0.15, 0.2) is 0 Å². The van der Waals surface area contributed by atoms with Crippen LogP contribution in [-0.4, -0.2) is 33.4 Å². The maximum atomic E-state index is 14.0. The number of aliphatic hydroxyl groups is 1. The van der Waals surface area contributed by atoms with Crippen LogP contribution in [0.25, 0.3) is 0 Å². The minimum Gasteiger partial charge on any atom is -0.385 e. The average molecular weight is 346 g/mol. The molecule has 1 N–H and O–H groups in total. The van der Waals surface area contributed by atoms with Gasteiger partial charge in [0.25, 0.3) is 0 Å². The molecule has 6 atom stereocenters. The second kappa shape index (κ2) is 5.35. The number of aromatic nitrogens is 2. The number of fused-ring (bicyclic) bond motifs is 1. The van der Waals surface area contributed by atoms with E-state index in [1.54, 1.807) is 0 Å². The minimum atomic E-state index is -5.02. The zero-order valence-electron chi connectivity index (χ0n) is 11.6. The SMILES string of the molecule is O[C@H]1c2c(C(F)(F)F)nn(C3CC[C@@H](F)[C@@H](F)C3)c2[C@@H](F)[C@H]1F. The average Bonchev–Trinajstić information content (AvgIpc) is 2.96. The number of nitrogens with zero attached hydrogens (tertiary/aromatic N) is 2. The Balaban J connectivity index is 2.07. The van der Waals surface area contributed by atoms with Crippen LogP contribution < -0.4 is 0 Å². The molecule has 0 radical (unpaired) electrons. The summed E-state index contributed by atoms with van der Waals surface area (Å²) in [6.07, 6.45) is -16.8. The molecule has 0 aromatic carbocycles. The number of hydrogen-bond donors (Lipinski definition) is 1. The van der Waals surface area contributed by atoms with E-state index in [1.807, 2.05) is 0 Å². The molecular formula is C13H13F7N2O. The standard InChI is InChI=1S/C13H13F7N2O/c14-5-2-1-4(3-6(5)15)22-10-7(11(23)9(17)8(10)16)12(21-22)13(18,19)20/h4-6,8-9,11,23H,1-3H2/t4?,5-,6+,8+,9-,11+/m1/s1. The van der Waals surface area contributed by atoms with E-state index in [4.69, 9.17) is 0 Å². The van der Waals surface area contributed by atoms with Crippen LogP contribution in [0.3, 0.4) is 0 Å². The summed E-state index contributed by atoms with van der Waals surface area (Å²) in [4.78, 5) is 0. The van der Waals surface area contributed by atoms with Gasteiger partial charge in [-0.1, -0.05) is 0 Å². The molecule has 2 aliphatic rings. The lowest BCUT2D eigenvalue weighted by Gasteiger charge is -2.29. The third-order valence-corrected chi connectivity index (χ3v) is 4.40. The van der Waals surface area contributed by atoms with Crippen molar-refractivity contribution in [3.63, 3.8) is 0 Å². The van der Waals surface area contributed by atoms with E-state index < -0.39 is 66.4 Å². The Labute approximate surface area is 126 Å². The lowest BCUT2D eigenvalue weighted by atomic mass is 9.92. The van der Waals surface area contributed by atoms with Gasteiger partial charge >= 0.3 is 6.18 Å². The molecule has 1 fully saturated rings. The molecule has 130 valence electrons. The number of rotatable bonds is 1. The molecule has 23 heavy (non-hydrogen) atoms. The maximum absolute atomic E-state index is 14.0. The normalized spacial score (nSPS) is 37.9. The number of alkyl halides is 7. The van der Waals surface area contributed by atoms with Gasteiger partial charge in [-0.15, -0.1) is 0 Å². The highest BCUT2D eigenvalue weighted by Crippen LogP contribution is 2.50. The van der Waals surface area contributed by atoms with Crippen molar-refractivity contribution >= 4 is 0 Å². The van der Waals surface area contributed by atoms with E-state index >= 15 is 0 Å². The number of halogens is 7. The summed E-state index contributed by atoms with van der Waals surface area (Å²) in [5.41, 5.74) is -3.26. The number of aliphatic hydroxyl groups excluding tert-OH is 1. The Kier molecular flexibility index (Phi) is 3.85. The molecule has 1 aromatic heterocycles. The van der Waals surface area contributed by atoms with Gasteiger partial charge in [0.15, 0.2) is 18.0 Å². The zero-order chi connectivity index (χ0) is 17.1. The summed E-state index contributed by atoms with van der Waals surface area (Å²) >= 11 is 0. The molecule has 1 heterocycles. The van der Waals surface area contributed by atoms with Crippen LogP contribution in [0.2, 0.25) is 0 Å². The Bertz CT molecular complexity index is 602. The molecule has 2 aliphatic carbocycles. The smallest absolute Gasteiger partial charge is 0.385 e. The molecule has 0 amide bonds. The van der Waals surface area contributed by atoms with E-state index in [-0.39, 0.29) is 12.8 Å². The van der Waals surface area contributed by atoms with Gasteiger partial charge in [-0.2, -0.15) is 18.3 Å². The highest BCUT2D eigenvalue weighted by Gasteiger charge is 2.52. The summed E-state index contributed by atoms with van der Waals surface area (Å²) < 4.78 is 94.0. The van der Waals surface area contributed by atoms with E-state index in [2.05, 4.69) is 5.10 Å². The molecule has 0 aliphatic heterocycles. The molecule has 0 saturated heterocycles. The van der Waals surface area contributed by atoms with Crippen LogP contribution in [0, 0.1) is 0 Å². The lowest BCUT2D eigenvalue weighted by Crippen LogP contribution is -2.30. The molecule has 10 heteroatoms. The first kappa shape index (κ1) is 16.5. The summed E-state index contributed by atoms with van der Waals surface area (Å²) in [5.74, 6) is 0. The van der Waals surface area contributed by atoms with Crippen LogP contribution in [-0.2, 0) is 6.18 Å². The summed E-state index contributed by atoms with van der Waals surface area (Å²) in [6, 6.07) is -1.02. The van der Waals surface area contributed by atoms with E-state index in [1.165, 1.54) is 0 Å². The molecule has 1 aromatic rings. The van der Waals surface area contributed by atoms with Gasteiger partial charge in [0.1, 0.15) is 18.4 Å². The Morgan fingerprint density at radius 1 is 1.04 bits per heavy atom. The van der Waals surface area contributed by atoms with Crippen LogP contribution >= 0.6 is 0 Å². The van der Waals surface area contributed by atoms with Gasteiger partial charge in [-0.25, -0.2) is 17.6 Å². The fourth-order valence-electron chi connectivity index (χ4n) is 3.26. The third-order valence-electron chi connectivity index (χ3n) is 4.40. The molecule has 1 saturated carbocycles. The van der Waals surface area contributed by atoms with Gasteiger partial charge in [0.05, 0.1) is 11.7 Å². The monoisotopic (exact) mass is 346 g/mol. The minimum absolute atomic E-state index is 0.0488. The molecule has 0 bridgehead atoms. The van der Waals surface area contributed by atoms with Crippen LogP contribution in [0.5, 0.6) is 0 Å². The van der Waals surface area contributed by atoms with Crippen molar-refractivity contribution in [3.8, 4) is 0 Å². The zero-order valence-corrected chi connectivity index (χ0v) is 11.6. The first-order chi connectivity index (χ1) is 10.6. The number of hydrogen-bond acceptors (Lipinski definition) is 2. The van der Waals surface area contributed by atoms with E-state index in [0.29, 0.717) is 4.68 Å². The fraction of sp³-hybridized carbons (Fsp3) is 0.769.